The van der Waals surface area contributed by atoms with Gasteiger partial charge in [0.05, 0.1) is 14.2 Å². The van der Waals surface area contributed by atoms with E-state index >= 15 is 0 Å². The largest absolute Gasteiger partial charge is 0.493 e. The maximum absolute atomic E-state index is 12.9. The number of amides is 1. The number of hydrogen-bond donors (Lipinski definition) is 0. The highest BCUT2D eigenvalue weighted by Crippen LogP contribution is 2.33. The van der Waals surface area contributed by atoms with Crippen LogP contribution in [-0.2, 0) is 4.79 Å². The minimum Gasteiger partial charge on any atom is -0.493 e. The second-order valence-corrected chi connectivity index (χ2v) is 8.52. The number of aromatic nitrogens is 2. The van der Waals surface area contributed by atoms with E-state index in [9.17, 15) is 9.59 Å². The lowest BCUT2D eigenvalue weighted by molar-refractivity contribution is -0.136. The minimum atomic E-state index is -0.357. The number of piperidine rings is 1. The van der Waals surface area contributed by atoms with Crippen LogP contribution in [0.4, 0.5) is 0 Å². The van der Waals surface area contributed by atoms with E-state index < -0.39 is 0 Å². The van der Waals surface area contributed by atoms with E-state index in [0.717, 1.165) is 18.4 Å². The molecule has 0 saturated carbocycles. The Morgan fingerprint density at radius 1 is 1.06 bits per heavy atom. The Morgan fingerprint density at radius 3 is 2.44 bits per heavy atom. The summed E-state index contributed by atoms with van der Waals surface area (Å²) in [4.78, 5) is 31.8. The van der Waals surface area contributed by atoms with Gasteiger partial charge in [-0.2, -0.15) is 4.98 Å². The normalized spacial score (nSPS) is 15.1. The van der Waals surface area contributed by atoms with Crippen LogP contribution < -0.4 is 9.47 Å². The summed E-state index contributed by atoms with van der Waals surface area (Å²) < 4.78 is 16.2. The Labute approximate surface area is 198 Å². The van der Waals surface area contributed by atoms with Crippen LogP contribution in [0.3, 0.4) is 0 Å². The summed E-state index contributed by atoms with van der Waals surface area (Å²) in [7, 11) is 3.17. The van der Waals surface area contributed by atoms with Crippen molar-refractivity contribution in [3.05, 3.63) is 60.0 Å². The SMILES string of the molecule is COc1ccc(-c2noc(C3CCN(C(=O)[C@H](C)CC(=O)c4ccccc4)CC3)n2)cc1OC. The van der Waals surface area contributed by atoms with Crippen molar-refractivity contribution < 1.29 is 23.6 Å². The van der Waals surface area contributed by atoms with E-state index in [0.29, 0.717) is 41.9 Å². The van der Waals surface area contributed by atoms with Crippen LogP contribution in [0.25, 0.3) is 11.4 Å². The minimum absolute atomic E-state index is 0.00936. The molecule has 1 aliphatic rings. The van der Waals surface area contributed by atoms with Crippen molar-refractivity contribution in [2.24, 2.45) is 5.92 Å². The molecule has 1 aromatic heterocycles. The number of nitrogens with zero attached hydrogens (tertiary/aromatic N) is 3. The molecule has 34 heavy (non-hydrogen) atoms. The smallest absolute Gasteiger partial charge is 0.230 e. The lowest BCUT2D eigenvalue weighted by Crippen LogP contribution is -2.41. The summed E-state index contributed by atoms with van der Waals surface area (Å²) in [6.45, 7) is 3.02. The van der Waals surface area contributed by atoms with Crippen molar-refractivity contribution in [3.63, 3.8) is 0 Å². The fourth-order valence-corrected chi connectivity index (χ4v) is 4.26. The third-order valence-corrected chi connectivity index (χ3v) is 6.25. The van der Waals surface area contributed by atoms with Crippen LogP contribution in [0.2, 0.25) is 0 Å². The first-order chi connectivity index (χ1) is 16.5. The molecule has 178 valence electrons. The van der Waals surface area contributed by atoms with Crippen LogP contribution >= 0.6 is 0 Å². The summed E-state index contributed by atoms with van der Waals surface area (Å²) in [6.07, 6.45) is 1.68. The first-order valence-corrected chi connectivity index (χ1v) is 11.4. The molecule has 8 heteroatoms. The lowest BCUT2D eigenvalue weighted by Gasteiger charge is -2.32. The molecule has 3 aromatic rings. The van der Waals surface area contributed by atoms with Crippen molar-refractivity contribution in [2.75, 3.05) is 27.3 Å². The van der Waals surface area contributed by atoms with E-state index in [4.69, 9.17) is 14.0 Å². The first kappa shape index (κ1) is 23.5. The number of Topliss-reactive ketones (excluding diaryl/α,β-unsaturated/α-hetero) is 1. The molecule has 2 heterocycles. The third-order valence-electron chi connectivity index (χ3n) is 6.25. The average molecular weight is 464 g/mol. The maximum atomic E-state index is 12.9. The van der Waals surface area contributed by atoms with Crippen molar-refractivity contribution in [1.29, 1.82) is 0 Å². The quantitative estimate of drug-likeness (QED) is 0.458. The molecular formula is C26H29N3O5. The van der Waals surface area contributed by atoms with Crippen LogP contribution in [0.5, 0.6) is 11.5 Å². The summed E-state index contributed by atoms with van der Waals surface area (Å²) in [6, 6.07) is 14.6. The Kier molecular flexibility index (Phi) is 7.25. The van der Waals surface area contributed by atoms with Crippen molar-refractivity contribution in [2.45, 2.75) is 32.1 Å². The zero-order valence-corrected chi connectivity index (χ0v) is 19.7. The summed E-state index contributed by atoms with van der Waals surface area (Å²) in [5.41, 5.74) is 1.42. The summed E-state index contributed by atoms with van der Waals surface area (Å²) in [5.74, 6) is 2.02. The fraction of sp³-hybridized carbons (Fsp3) is 0.385. The van der Waals surface area contributed by atoms with Gasteiger partial charge in [0.15, 0.2) is 17.3 Å². The van der Waals surface area contributed by atoms with Crippen LogP contribution in [0.1, 0.15) is 48.4 Å². The number of ether oxygens (including phenoxy) is 2. The van der Waals surface area contributed by atoms with E-state index in [1.165, 1.54) is 0 Å². The monoisotopic (exact) mass is 463 g/mol. The number of likely N-dealkylation sites (tertiary alicyclic amines) is 1. The Morgan fingerprint density at radius 2 is 1.76 bits per heavy atom. The first-order valence-electron chi connectivity index (χ1n) is 11.4. The van der Waals surface area contributed by atoms with Crippen molar-refractivity contribution >= 4 is 11.7 Å². The molecule has 1 atom stereocenters. The standard InChI is InChI=1S/C26H29N3O5/c1-17(15-21(30)18-7-5-4-6-8-18)26(31)29-13-11-19(12-14-29)25-27-24(28-34-25)20-9-10-22(32-2)23(16-20)33-3/h4-10,16-17,19H,11-15H2,1-3H3/t17-/m1/s1. The summed E-state index contributed by atoms with van der Waals surface area (Å²) >= 11 is 0. The highest BCUT2D eigenvalue weighted by molar-refractivity contribution is 5.98. The molecule has 0 N–H and O–H groups in total. The molecule has 8 nitrogen and oxygen atoms in total. The molecule has 0 bridgehead atoms. The van der Waals surface area contributed by atoms with E-state index in [1.807, 2.05) is 42.2 Å². The van der Waals surface area contributed by atoms with Gasteiger partial charge in [0.1, 0.15) is 0 Å². The fourth-order valence-electron chi connectivity index (χ4n) is 4.26. The third kappa shape index (κ3) is 5.11. The van der Waals surface area contributed by atoms with Gasteiger partial charge in [-0.1, -0.05) is 42.4 Å². The number of benzene rings is 2. The second-order valence-electron chi connectivity index (χ2n) is 8.52. The molecule has 0 radical (unpaired) electrons. The number of ketones is 1. The maximum Gasteiger partial charge on any atom is 0.230 e. The Bertz CT molecular complexity index is 1140. The number of carbonyl (C=O) groups is 2. The van der Waals surface area contributed by atoms with Gasteiger partial charge in [0.2, 0.25) is 17.6 Å². The van der Waals surface area contributed by atoms with Gasteiger partial charge in [0.25, 0.3) is 0 Å². The molecule has 1 fully saturated rings. The molecular weight excluding hydrogens is 434 g/mol. The van der Waals surface area contributed by atoms with Crippen LogP contribution in [-0.4, -0.2) is 54.0 Å². The topological polar surface area (TPSA) is 94.8 Å². The van der Waals surface area contributed by atoms with E-state index in [1.54, 1.807) is 32.4 Å². The molecule has 0 unspecified atom stereocenters. The predicted molar refractivity (Wildman–Crippen MR) is 126 cm³/mol. The lowest BCUT2D eigenvalue weighted by atomic mass is 9.94. The van der Waals surface area contributed by atoms with Gasteiger partial charge in [-0.25, -0.2) is 0 Å². The molecule has 2 aromatic carbocycles. The highest BCUT2D eigenvalue weighted by Gasteiger charge is 2.30. The van der Waals surface area contributed by atoms with Gasteiger partial charge in [-0.15, -0.1) is 0 Å². The zero-order valence-electron chi connectivity index (χ0n) is 19.7. The Balaban J connectivity index is 1.34. The number of rotatable bonds is 8. The van der Waals surface area contributed by atoms with Gasteiger partial charge in [0, 0.05) is 42.5 Å². The number of carbonyl (C=O) groups excluding carboxylic acids is 2. The predicted octanol–water partition coefficient (Wildman–Crippen LogP) is 4.37. The second kappa shape index (κ2) is 10.5. The molecule has 1 amide bonds. The van der Waals surface area contributed by atoms with Crippen molar-refractivity contribution in [1.82, 2.24) is 15.0 Å². The van der Waals surface area contributed by atoms with Gasteiger partial charge in [-0.3, -0.25) is 9.59 Å². The van der Waals surface area contributed by atoms with E-state index in [-0.39, 0.29) is 29.9 Å². The van der Waals surface area contributed by atoms with Gasteiger partial charge in [-0.05, 0) is 31.0 Å². The molecule has 1 saturated heterocycles. The zero-order chi connectivity index (χ0) is 24.1. The molecule has 0 aliphatic carbocycles. The van der Waals surface area contributed by atoms with Crippen LogP contribution in [0.15, 0.2) is 53.1 Å². The van der Waals surface area contributed by atoms with Crippen molar-refractivity contribution in [3.8, 4) is 22.9 Å². The number of methoxy groups -OCH3 is 2. The average Bonchev–Trinajstić information content (AvgIpc) is 3.38. The van der Waals surface area contributed by atoms with Gasteiger partial charge < -0.3 is 18.9 Å². The molecule has 1 aliphatic heterocycles. The van der Waals surface area contributed by atoms with Crippen LogP contribution in [0, 0.1) is 5.92 Å². The van der Waals surface area contributed by atoms with Gasteiger partial charge >= 0.3 is 0 Å². The number of hydrogen-bond acceptors (Lipinski definition) is 7. The van der Waals surface area contributed by atoms with E-state index in [2.05, 4.69) is 10.1 Å². The molecule has 4 rings (SSSR count). The highest BCUT2D eigenvalue weighted by atomic mass is 16.5. The molecule has 0 spiro atoms. The summed E-state index contributed by atoms with van der Waals surface area (Å²) in [5, 5.41) is 4.14. The Hall–Kier alpha value is -3.68.